The summed E-state index contributed by atoms with van der Waals surface area (Å²) in [5, 5.41) is 9.35. The quantitative estimate of drug-likeness (QED) is 0.293. The van der Waals surface area contributed by atoms with Crippen LogP contribution in [0.1, 0.15) is 69.4 Å². The zero-order chi connectivity index (χ0) is 26.3. The molecule has 9 heteroatoms. The summed E-state index contributed by atoms with van der Waals surface area (Å²) in [6.07, 6.45) is 6.56. The average molecular weight is 554 g/mol. The van der Waals surface area contributed by atoms with Crippen LogP contribution in [0.5, 0.6) is 5.75 Å². The molecule has 2 aromatic rings. The Morgan fingerprint density at radius 1 is 1.19 bits per heavy atom. The Kier molecular flexibility index (Phi) is 10.5. The minimum absolute atomic E-state index is 0.00602. The van der Waals surface area contributed by atoms with Crippen LogP contribution in [0, 0.1) is 6.92 Å². The summed E-state index contributed by atoms with van der Waals surface area (Å²) < 4.78 is 34.0. The van der Waals surface area contributed by atoms with Crippen molar-refractivity contribution in [3.8, 4) is 5.75 Å². The van der Waals surface area contributed by atoms with Gasteiger partial charge in [0.2, 0.25) is 10.0 Å². The lowest BCUT2D eigenvalue weighted by atomic mass is 9.84. The van der Waals surface area contributed by atoms with E-state index in [-0.39, 0.29) is 16.8 Å². The molecule has 1 fully saturated rings. The van der Waals surface area contributed by atoms with E-state index < -0.39 is 16.0 Å². The highest BCUT2D eigenvalue weighted by molar-refractivity contribution is 8.00. The number of benzene rings is 2. The Morgan fingerprint density at radius 2 is 1.92 bits per heavy atom. The molecule has 0 amide bonds. The van der Waals surface area contributed by atoms with E-state index >= 15 is 0 Å². The highest BCUT2D eigenvalue weighted by Gasteiger charge is 2.27. The maximum atomic E-state index is 13.6. The molecule has 198 valence electrons. The normalized spacial score (nSPS) is 15.7. The van der Waals surface area contributed by atoms with Gasteiger partial charge in [-0.05, 0) is 73.6 Å². The van der Waals surface area contributed by atoms with Crippen LogP contribution in [0.4, 0.5) is 0 Å². The number of halogens is 1. The molecular weight excluding hydrogens is 518 g/mol. The molecule has 0 aliphatic heterocycles. The molecular formula is C27H36ClNO5S2. The van der Waals surface area contributed by atoms with E-state index in [1.807, 2.05) is 39.0 Å². The molecule has 0 aromatic heterocycles. The van der Waals surface area contributed by atoms with E-state index in [0.717, 1.165) is 28.9 Å². The molecule has 1 N–H and O–H groups in total. The second-order valence-electron chi connectivity index (χ2n) is 9.42. The molecule has 1 saturated carbocycles. The summed E-state index contributed by atoms with van der Waals surface area (Å²) in [5.41, 5.74) is 1.90. The Bertz CT molecular complexity index is 1150. The van der Waals surface area contributed by atoms with Crippen molar-refractivity contribution in [3.05, 3.63) is 52.5 Å². The number of nitrogens with zero attached hydrogens (tertiary/aromatic N) is 1. The minimum atomic E-state index is -3.69. The number of aryl methyl sites for hydroxylation is 1. The van der Waals surface area contributed by atoms with Gasteiger partial charge in [0.15, 0.2) is 6.61 Å². The zero-order valence-electron chi connectivity index (χ0n) is 21.2. The fourth-order valence-electron chi connectivity index (χ4n) is 4.67. The predicted molar refractivity (Wildman–Crippen MR) is 146 cm³/mol. The van der Waals surface area contributed by atoms with Crippen molar-refractivity contribution in [1.82, 2.24) is 4.31 Å². The summed E-state index contributed by atoms with van der Waals surface area (Å²) in [6, 6.07) is 10.8. The van der Waals surface area contributed by atoms with E-state index in [4.69, 9.17) is 21.4 Å². The number of rotatable bonds is 12. The van der Waals surface area contributed by atoms with Crippen molar-refractivity contribution in [1.29, 1.82) is 0 Å². The molecule has 1 aliphatic carbocycles. The molecule has 0 spiro atoms. The molecule has 3 rings (SSSR count). The minimum Gasteiger partial charge on any atom is -0.482 e. The molecule has 0 bridgehead atoms. The number of hydrogen-bond acceptors (Lipinski definition) is 5. The van der Waals surface area contributed by atoms with Crippen LogP contribution in [-0.2, 0) is 14.8 Å². The summed E-state index contributed by atoms with van der Waals surface area (Å²) in [5.74, 6) is -0.0858. The molecule has 2 aromatic carbocycles. The molecule has 1 atom stereocenters. The first kappa shape index (κ1) is 28.8. The topological polar surface area (TPSA) is 83.9 Å². The van der Waals surface area contributed by atoms with Gasteiger partial charge < -0.3 is 9.84 Å². The van der Waals surface area contributed by atoms with Crippen molar-refractivity contribution in [2.45, 2.75) is 80.3 Å². The van der Waals surface area contributed by atoms with Gasteiger partial charge in [0.05, 0.1) is 4.90 Å². The van der Waals surface area contributed by atoms with E-state index in [1.165, 1.54) is 19.3 Å². The van der Waals surface area contributed by atoms with Crippen LogP contribution < -0.4 is 4.74 Å². The third-order valence-electron chi connectivity index (χ3n) is 6.42. The molecule has 0 saturated heterocycles. The number of thioether (sulfide) groups is 1. The van der Waals surface area contributed by atoms with Crippen molar-refractivity contribution >= 4 is 39.4 Å². The van der Waals surface area contributed by atoms with Crippen LogP contribution in [0.3, 0.4) is 0 Å². The smallest absolute Gasteiger partial charge is 0.341 e. The lowest BCUT2D eigenvalue weighted by molar-refractivity contribution is -0.139. The summed E-state index contributed by atoms with van der Waals surface area (Å²) >= 11 is 8.18. The number of sulfonamides is 1. The largest absolute Gasteiger partial charge is 0.482 e. The van der Waals surface area contributed by atoms with Crippen LogP contribution in [-0.4, -0.2) is 48.7 Å². The Morgan fingerprint density at radius 3 is 2.53 bits per heavy atom. The third-order valence-corrected chi connectivity index (χ3v) is 9.69. The highest BCUT2D eigenvalue weighted by atomic mass is 35.5. The van der Waals surface area contributed by atoms with Gasteiger partial charge in [-0.15, -0.1) is 11.8 Å². The Hall–Kier alpha value is -1.74. The van der Waals surface area contributed by atoms with Crippen molar-refractivity contribution < 1.29 is 23.1 Å². The summed E-state index contributed by atoms with van der Waals surface area (Å²) in [4.78, 5) is 12.0. The molecule has 0 heterocycles. The van der Waals surface area contributed by atoms with E-state index in [9.17, 15) is 13.2 Å². The van der Waals surface area contributed by atoms with Crippen LogP contribution in [0.2, 0.25) is 5.02 Å². The number of ether oxygens (including phenoxy) is 1. The molecule has 6 nitrogen and oxygen atoms in total. The Balaban J connectivity index is 1.71. The molecule has 1 aliphatic rings. The van der Waals surface area contributed by atoms with Crippen LogP contribution in [0.25, 0.3) is 0 Å². The van der Waals surface area contributed by atoms with Gasteiger partial charge in [0, 0.05) is 28.3 Å². The van der Waals surface area contributed by atoms with Gasteiger partial charge in [-0.2, -0.15) is 4.31 Å². The monoisotopic (exact) mass is 553 g/mol. The van der Waals surface area contributed by atoms with E-state index in [2.05, 4.69) is 0 Å². The number of hydrogen-bond donors (Lipinski definition) is 1. The van der Waals surface area contributed by atoms with E-state index in [0.29, 0.717) is 36.2 Å². The first-order valence-corrected chi connectivity index (χ1v) is 15.2. The Labute approximate surface area is 224 Å². The molecule has 1 unspecified atom stereocenters. The van der Waals surface area contributed by atoms with Crippen molar-refractivity contribution in [2.24, 2.45) is 0 Å². The second kappa shape index (κ2) is 13.2. The summed E-state index contributed by atoms with van der Waals surface area (Å²) in [6.45, 7) is 6.24. The van der Waals surface area contributed by atoms with Gasteiger partial charge in [-0.25, -0.2) is 13.2 Å². The standard InChI is InChI=1S/C27H36ClNO5S2/c1-4-14-29(17-20(3)35-22-10-13-26(19(2)15-22)34-18-27(30)31)36(32,33)23-11-12-24(25(28)16-23)21-8-6-5-7-9-21/h10-13,15-16,20-21H,4-9,14,17-18H2,1-3H3,(H,30,31). The number of carboxylic acids is 1. The lowest BCUT2D eigenvalue weighted by Crippen LogP contribution is -2.36. The zero-order valence-corrected chi connectivity index (χ0v) is 23.6. The van der Waals surface area contributed by atoms with Gasteiger partial charge in [-0.3, -0.25) is 0 Å². The maximum Gasteiger partial charge on any atom is 0.341 e. The van der Waals surface area contributed by atoms with Gasteiger partial charge in [-0.1, -0.05) is 50.8 Å². The highest BCUT2D eigenvalue weighted by Crippen LogP contribution is 2.37. The first-order chi connectivity index (χ1) is 17.1. The van der Waals surface area contributed by atoms with Gasteiger partial charge in [0.1, 0.15) is 5.75 Å². The van der Waals surface area contributed by atoms with Gasteiger partial charge >= 0.3 is 5.97 Å². The predicted octanol–water partition coefficient (Wildman–Crippen LogP) is 6.74. The maximum absolute atomic E-state index is 13.6. The fraction of sp³-hybridized carbons (Fsp3) is 0.519. The fourth-order valence-corrected chi connectivity index (χ4v) is 7.93. The second-order valence-corrected chi connectivity index (χ2v) is 13.3. The van der Waals surface area contributed by atoms with Crippen LogP contribution >= 0.6 is 23.4 Å². The van der Waals surface area contributed by atoms with Crippen LogP contribution in [0.15, 0.2) is 46.2 Å². The number of aliphatic carboxylic acids is 1. The SMILES string of the molecule is CCCN(CC(C)Sc1ccc(OCC(=O)O)c(C)c1)S(=O)(=O)c1ccc(C2CCCCC2)c(Cl)c1. The first-order valence-electron chi connectivity index (χ1n) is 12.5. The molecule has 0 radical (unpaired) electrons. The summed E-state index contributed by atoms with van der Waals surface area (Å²) in [7, 11) is -3.69. The van der Waals surface area contributed by atoms with Crippen molar-refractivity contribution in [3.63, 3.8) is 0 Å². The average Bonchev–Trinajstić information content (AvgIpc) is 2.83. The lowest BCUT2D eigenvalue weighted by Gasteiger charge is -2.26. The molecule has 36 heavy (non-hydrogen) atoms. The van der Waals surface area contributed by atoms with E-state index in [1.54, 1.807) is 34.3 Å². The van der Waals surface area contributed by atoms with Gasteiger partial charge in [0.25, 0.3) is 0 Å². The third kappa shape index (κ3) is 7.63. The number of carbonyl (C=O) groups is 1. The van der Waals surface area contributed by atoms with Crippen molar-refractivity contribution in [2.75, 3.05) is 19.7 Å². The number of carboxylic acid groups (broad SMARTS) is 1.